The predicted molar refractivity (Wildman–Crippen MR) is 158 cm³/mol. The van der Waals surface area contributed by atoms with Gasteiger partial charge < -0.3 is 20.3 Å². The number of nitrogens with zero attached hydrogens (tertiary/aromatic N) is 3. The topological polar surface area (TPSA) is 161 Å². The summed E-state index contributed by atoms with van der Waals surface area (Å²) in [4.78, 5) is 69.2. The minimum absolute atomic E-state index is 0.0283. The van der Waals surface area contributed by atoms with Gasteiger partial charge in [-0.1, -0.05) is 43.7 Å². The highest BCUT2D eigenvalue weighted by molar-refractivity contribution is 6.00. The number of allylic oxidation sites excluding steroid dienone is 1. The van der Waals surface area contributed by atoms with Gasteiger partial charge in [0, 0.05) is 30.0 Å². The molecular formula is C32H37FN6O6. The van der Waals surface area contributed by atoms with Crippen LogP contribution in [0.1, 0.15) is 63.0 Å². The third kappa shape index (κ3) is 6.69. The number of carbonyl (C=O) groups is 5. The number of hydrogen-bond donors (Lipinski definition) is 3. The molecule has 5 atom stereocenters. The van der Waals surface area contributed by atoms with Crippen LogP contribution in [0.3, 0.4) is 0 Å². The molecule has 5 rings (SSSR count). The van der Waals surface area contributed by atoms with Crippen LogP contribution in [0, 0.1) is 23.2 Å². The van der Waals surface area contributed by atoms with Gasteiger partial charge in [0.1, 0.15) is 29.5 Å². The zero-order chi connectivity index (χ0) is 32.3. The van der Waals surface area contributed by atoms with E-state index in [-0.39, 0.29) is 44.0 Å². The Bertz CT molecular complexity index is 1490. The van der Waals surface area contributed by atoms with Crippen LogP contribution < -0.4 is 16.0 Å². The van der Waals surface area contributed by atoms with Crippen LogP contribution in [0.2, 0.25) is 0 Å². The maximum atomic E-state index is 14.3. The molecule has 1 aromatic rings. The molecule has 3 aliphatic heterocycles. The number of hydrogen-bond acceptors (Lipinski definition) is 7. The van der Waals surface area contributed by atoms with Gasteiger partial charge in [0.15, 0.2) is 6.19 Å². The van der Waals surface area contributed by atoms with Gasteiger partial charge in [0.25, 0.3) is 5.91 Å². The lowest BCUT2D eigenvalue weighted by atomic mass is 10.0. The van der Waals surface area contributed by atoms with Gasteiger partial charge in [-0.3, -0.25) is 29.4 Å². The molecule has 3 N–H and O–H groups in total. The second kappa shape index (κ2) is 13.1. The van der Waals surface area contributed by atoms with Gasteiger partial charge in [-0.2, -0.15) is 5.26 Å². The van der Waals surface area contributed by atoms with Gasteiger partial charge in [0.2, 0.25) is 17.7 Å². The largest absolute Gasteiger partial charge is 0.444 e. The van der Waals surface area contributed by atoms with E-state index in [1.165, 1.54) is 22.8 Å². The van der Waals surface area contributed by atoms with Crippen LogP contribution in [0.4, 0.5) is 9.18 Å². The number of nitriles is 1. The summed E-state index contributed by atoms with van der Waals surface area (Å²) in [6, 6.07) is 2.55. The number of carbonyl (C=O) groups excluding carboxylic acids is 5. The van der Waals surface area contributed by atoms with Gasteiger partial charge >= 0.3 is 6.09 Å². The maximum Gasteiger partial charge on any atom is 0.410 e. The third-order valence-electron chi connectivity index (χ3n) is 8.96. The van der Waals surface area contributed by atoms with Crippen molar-refractivity contribution in [3.8, 4) is 6.19 Å². The molecule has 238 valence electrons. The lowest BCUT2D eigenvalue weighted by molar-refractivity contribution is -0.142. The zero-order valence-corrected chi connectivity index (χ0v) is 25.1. The van der Waals surface area contributed by atoms with Crippen LogP contribution >= 0.6 is 0 Å². The molecule has 2 fully saturated rings. The standard InChI is InChI=1S/C32H37FN6O6/c1-19(2)27(40)36-25-12-7-5-3-4-6-10-21-14-32(21,30(43)35-18-34)37-28(41)26-13-22(16-39(26)29(25)42)45-31(44)38-15-20-9-8-11-24(33)23(20)17-38/h6,8-11,21-22,25-26H,1,3-5,7,12-17H2,2H3,(H,35,43)(H,36,40)(H,37,41)/b10-6-/t21-,22-,25+,26?,32-/m1/s1. The molecular weight excluding hydrogens is 583 g/mol. The van der Waals surface area contributed by atoms with Crippen LogP contribution in [0.5, 0.6) is 0 Å². The van der Waals surface area contributed by atoms with E-state index in [0.717, 1.165) is 19.3 Å². The second-order valence-electron chi connectivity index (χ2n) is 12.2. The van der Waals surface area contributed by atoms with Crippen molar-refractivity contribution in [3.05, 3.63) is 59.4 Å². The van der Waals surface area contributed by atoms with Gasteiger partial charge in [-0.15, -0.1) is 0 Å². The summed E-state index contributed by atoms with van der Waals surface area (Å²) < 4.78 is 20.1. The van der Waals surface area contributed by atoms with E-state index < -0.39 is 59.3 Å². The first-order chi connectivity index (χ1) is 21.5. The Morgan fingerprint density at radius 3 is 2.73 bits per heavy atom. The molecule has 1 saturated carbocycles. The molecule has 1 unspecified atom stereocenters. The molecule has 12 nitrogen and oxygen atoms in total. The van der Waals surface area contributed by atoms with Crippen molar-refractivity contribution in [1.82, 2.24) is 25.8 Å². The Balaban J connectivity index is 1.39. The summed E-state index contributed by atoms with van der Waals surface area (Å²) in [6.07, 6.45) is 7.34. The minimum atomic E-state index is -1.36. The molecule has 4 aliphatic rings. The lowest BCUT2D eigenvalue weighted by Gasteiger charge is -2.29. The van der Waals surface area contributed by atoms with E-state index in [1.54, 1.807) is 18.3 Å². The average molecular weight is 621 g/mol. The Morgan fingerprint density at radius 2 is 2.00 bits per heavy atom. The van der Waals surface area contributed by atoms with Crippen LogP contribution in [-0.2, 0) is 37.0 Å². The SMILES string of the molecule is C=C(C)C(=O)N[C@H]1CCCCC/C=C\[C@@H]2C[C@@]2(C(=O)NC#N)NC(=O)C2C[C@@H](OC(=O)N3Cc4cccc(F)c4C3)CN2C1=O. The summed E-state index contributed by atoms with van der Waals surface area (Å²) in [7, 11) is 0. The van der Waals surface area contributed by atoms with E-state index >= 15 is 0 Å². The van der Waals surface area contributed by atoms with Crippen molar-refractivity contribution in [2.75, 3.05) is 6.54 Å². The lowest BCUT2D eigenvalue weighted by Crippen LogP contribution is -2.57. The number of halogens is 1. The monoisotopic (exact) mass is 620 g/mol. The molecule has 0 aromatic heterocycles. The van der Waals surface area contributed by atoms with Gasteiger partial charge in [0.05, 0.1) is 13.1 Å². The van der Waals surface area contributed by atoms with Crippen molar-refractivity contribution in [2.45, 2.75) is 88.7 Å². The fourth-order valence-corrected chi connectivity index (χ4v) is 6.34. The highest BCUT2D eigenvalue weighted by atomic mass is 19.1. The second-order valence-corrected chi connectivity index (χ2v) is 12.2. The Hall–Kier alpha value is -4.73. The number of rotatable bonds is 4. The van der Waals surface area contributed by atoms with Crippen LogP contribution in [-0.4, -0.2) is 69.8 Å². The van der Waals surface area contributed by atoms with E-state index in [9.17, 15) is 28.4 Å². The molecule has 1 saturated heterocycles. The van der Waals surface area contributed by atoms with Gasteiger partial charge in [-0.25, -0.2) is 9.18 Å². The molecule has 1 aliphatic carbocycles. The fourth-order valence-electron chi connectivity index (χ4n) is 6.34. The third-order valence-corrected chi connectivity index (χ3v) is 8.96. The average Bonchev–Trinajstić information content (AvgIpc) is 3.30. The van der Waals surface area contributed by atoms with E-state index in [2.05, 4.69) is 22.5 Å². The molecule has 3 heterocycles. The number of nitrogens with one attached hydrogen (secondary N) is 3. The molecule has 0 bridgehead atoms. The molecule has 13 heteroatoms. The first-order valence-electron chi connectivity index (χ1n) is 15.2. The number of ether oxygens (including phenoxy) is 1. The molecule has 1 aromatic carbocycles. The Labute approximate surface area is 260 Å². The summed E-state index contributed by atoms with van der Waals surface area (Å²) in [5, 5.41) is 16.8. The first kappa shape index (κ1) is 31.7. The fraction of sp³-hybridized carbons (Fsp3) is 0.500. The van der Waals surface area contributed by atoms with Crippen molar-refractivity contribution >= 4 is 29.7 Å². The normalized spacial score (nSPS) is 28.6. The summed E-state index contributed by atoms with van der Waals surface area (Å²) >= 11 is 0. The molecule has 45 heavy (non-hydrogen) atoms. The molecule has 5 amide bonds. The number of amides is 5. The summed E-state index contributed by atoms with van der Waals surface area (Å²) in [5.41, 5.74) is -0.0511. The van der Waals surface area contributed by atoms with Crippen molar-refractivity contribution in [2.24, 2.45) is 5.92 Å². The molecule has 0 radical (unpaired) electrons. The first-order valence-corrected chi connectivity index (χ1v) is 15.2. The zero-order valence-electron chi connectivity index (χ0n) is 25.1. The predicted octanol–water partition coefficient (Wildman–Crippen LogP) is 2.30. The van der Waals surface area contributed by atoms with Gasteiger partial charge in [-0.05, 0) is 44.2 Å². The van der Waals surface area contributed by atoms with Crippen LogP contribution in [0.25, 0.3) is 0 Å². The van der Waals surface area contributed by atoms with E-state index in [0.29, 0.717) is 24.0 Å². The number of fused-ring (bicyclic) bond motifs is 3. The quantitative estimate of drug-likeness (QED) is 0.201. The number of benzene rings is 1. The summed E-state index contributed by atoms with van der Waals surface area (Å²) in [5.74, 6) is -3.05. The van der Waals surface area contributed by atoms with Crippen LogP contribution in [0.15, 0.2) is 42.5 Å². The van der Waals surface area contributed by atoms with Crippen molar-refractivity contribution in [3.63, 3.8) is 0 Å². The maximum absolute atomic E-state index is 14.3. The summed E-state index contributed by atoms with van der Waals surface area (Å²) in [6.45, 7) is 5.25. The molecule has 0 spiro atoms. The minimum Gasteiger partial charge on any atom is -0.444 e. The van der Waals surface area contributed by atoms with Crippen molar-refractivity contribution in [1.29, 1.82) is 5.26 Å². The van der Waals surface area contributed by atoms with Crippen molar-refractivity contribution < 1.29 is 33.1 Å². The van der Waals surface area contributed by atoms with E-state index in [1.807, 2.05) is 12.2 Å². The smallest absolute Gasteiger partial charge is 0.410 e. The Kier molecular flexibility index (Phi) is 9.22. The van der Waals surface area contributed by atoms with E-state index in [4.69, 9.17) is 10.00 Å². The highest BCUT2D eigenvalue weighted by Gasteiger charge is 2.61. The Morgan fingerprint density at radius 1 is 1.20 bits per heavy atom. The highest BCUT2D eigenvalue weighted by Crippen LogP contribution is 2.45.